The molecule has 1 aromatic rings. The van der Waals surface area contributed by atoms with Gasteiger partial charge in [0.2, 0.25) is 0 Å². The van der Waals surface area contributed by atoms with E-state index in [-0.39, 0.29) is 11.6 Å². The minimum absolute atomic E-state index is 0.117. The number of ether oxygens (including phenoxy) is 1. The zero-order chi connectivity index (χ0) is 12.6. The van der Waals surface area contributed by atoms with E-state index in [1.807, 2.05) is 12.1 Å². The van der Waals surface area contributed by atoms with Gasteiger partial charge in [0.05, 0.1) is 18.3 Å². The number of amides is 2. The van der Waals surface area contributed by atoms with E-state index in [9.17, 15) is 4.79 Å². The van der Waals surface area contributed by atoms with E-state index in [4.69, 9.17) is 4.74 Å². The van der Waals surface area contributed by atoms with Crippen LogP contribution in [0.1, 0.15) is 37.7 Å². The summed E-state index contributed by atoms with van der Waals surface area (Å²) in [7, 11) is 1.64. The van der Waals surface area contributed by atoms with Crippen molar-refractivity contribution in [1.82, 2.24) is 5.32 Å². The first-order valence-electron chi connectivity index (χ1n) is 6.52. The highest BCUT2D eigenvalue weighted by Gasteiger charge is 2.41. The molecule has 0 radical (unpaired) electrons. The van der Waals surface area contributed by atoms with E-state index in [1.165, 1.54) is 12.0 Å². The fourth-order valence-electron chi connectivity index (χ4n) is 3.21. The first-order valence-corrected chi connectivity index (χ1v) is 6.52. The Labute approximate surface area is 107 Å². The van der Waals surface area contributed by atoms with Crippen LogP contribution in [0.15, 0.2) is 18.2 Å². The monoisotopic (exact) mass is 246 g/mol. The highest BCUT2D eigenvalue weighted by molar-refractivity contribution is 5.95. The van der Waals surface area contributed by atoms with Crippen LogP contribution in [0.5, 0.6) is 5.75 Å². The van der Waals surface area contributed by atoms with Gasteiger partial charge in [-0.15, -0.1) is 0 Å². The number of fused-ring (bicyclic) bond motifs is 2. The van der Waals surface area contributed by atoms with E-state index in [2.05, 4.69) is 16.7 Å². The van der Waals surface area contributed by atoms with Crippen LogP contribution < -0.4 is 15.4 Å². The van der Waals surface area contributed by atoms with Gasteiger partial charge >= 0.3 is 6.03 Å². The summed E-state index contributed by atoms with van der Waals surface area (Å²) in [6, 6.07) is 5.86. The SMILES string of the molecule is COc1cccc2c1NC(=O)NC21CCCCC1. The molecule has 0 atom stereocenters. The molecule has 1 spiro atoms. The predicted molar refractivity (Wildman–Crippen MR) is 69.9 cm³/mol. The summed E-state index contributed by atoms with van der Waals surface area (Å²) in [5.41, 5.74) is 1.82. The molecule has 1 saturated carbocycles. The molecule has 0 unspecified atom stereocenters. The molecular weight excluding hydrogens is 228 g/mol. The van der Waals surface area contributed by atoms with Gasteiger partial charge in [-0.25, -0.2) is 4.79 Å². The number of methoxy groups -OCH3 is 1. The standard InChI is InChI=1S/C14H18N2O2/c1-18-11-7-5-6-10-12(11)15-13(17)16-14(10)8-3-2-4-9-14/h5-7H,2-4,8-9H2,1H3,(H2,15,16,17). The van der Waals surface area contributed by atoms with Gasteiger partial charge in [0.1, 0.15) is 5.75 Å². The summed E-state index contributed by atoms with van der Waals surface area (Å²) in [4.78, 5) is 11.9. The van der Waals surface area contributed by atoms with Gasteiger partial charge in [-0.3, -0.25) is 0 Å². The number of anilines is 1. The zero-order valence-corrected chi connectivity index (χ0v) is 10.6. The summed E-state index contributed by atoms with van der Waals surface area (Å²) < 4.78 is 5.35. The third-order valence-electron chi connectivity index (χ3n) is 4.06. The summed E-state index contributed by atoms with van der Waals surface area (Å²) in [6.45, 7) is 0. The van der Waals surface area contributed by atoms with E-state index < -0.39 is 0 Å². The number of para-hydroxylation sites is 1. The first kappa shape index (κ1) is 11.4. The summed E-state index contributed by atoms with van der Waals surface area (Å²) in [5, 5.41) is 6.01. The summed E-state index contributed by atoms with van der Waals surface area (Å²) >= 11 is 0. The maximum absolute atomic E-state index is 11.9. The molecule has 96 valence electrons. The lowest BCUT2D eigenvalue weighted by Gasteiger charge is -2.42. The highest BCUT2D eigenvalue weighted by atomic mass is 16.5. The van der Waals surface area contributed by atoms with E-state index in [1.54, 1.807) is 7.11 Å². The molecule has 18 heavy (non-hydrogen) atoms. The second-order valence-electron chi connectivity index (χ2n) is 5.10. The van der Waals surface area contributed by atoms with Crippen molar-refractivity contribution in [1.29, 1.82) is 0 Å². The van der Waals surface area contributed by atoms with Gasteiger partial charge in [0, 0.05) is 5.56 Å². The minimum atomic E-state index is -0.190. The molecule has 0 aromatic heterocycles. The number of hydrogen-bond acceptors (Lipinski definition) is 2. The Morgan fingerprint density at radius 2 is 2.00 bits per heavy atom. The van der Waals surface area contributed by atoms with Gasteiger partial charge in [0.25, 0.3) is 0 Å². The molecule has 2 amide bonds. The summed E-state index contributed by atoms with van der Waals surface area (Å²) in [6.07, 6.45) is 5.61. The van der Waals surface area contributed by atoms with E-state index in [0.29, 0.717) is 0 Å². The molecular formula is C14H18N2O2. The quantitative estimate of drug-likeness (QED) is 0.800. The predicted octanol–water partition coefficient (Wildman–Crippen LogP) is 2.99. The fraction of sp³-hybridized carbons (Fsp3) is 0.500. The van der Waals surface area contributed by atoms with Gasteiger partial charge in [0.15, 0.2) is 0 Å². The molecule has 4 heteroatoms. The number of rotatable bonds is 1. The third kappa shape index (κ3) is 1.64. The number of urea groups is 1. The first-order chi connectivity index (χ1) is 8.75. The van der Waals surface area contributed by atoms with Gasteiger partial charge in [-0.1, -0.05) is 31.4 Å². The van der Waals surface area contributed by atoms with Crippen LogP contribution in [-0.2, 0) is 5.54 Å². The van der Waals surface area contributed by atoms with Crippen LogP contribution in [0.3, 0.4) is 0 Å². The molecule has 2 N–H and O–H groups in total. The van der Waals surface area contributed by atoms with Crippen molar-refractivity contribution in [3.05, 3.63) is 23.8 Å². The van der Waals surface area contributed by atoms with Gasteiger partial charge < -0.3 is 15.4 Å². The van der Waals surface area contributed by atoms with Crippen LogP contribution >= 0.6 is 0 Å². The lowest BCUT2D eigenvalue weighted by atomic mass is 9.75. The van der Waals surface area contributed by atoms with Crippen LogP contribution in [-0.4, -0.2) is 13.1 Å². The van der Waals surface area contributed by atoms with Crippen molar-refractivity contribution in [2.75, 3.05) is 12.4 Å². The van der Waals surface area contributed by atoms with Crippen molar-refractivity contribution in [3.63, 3.8) is 0 Å². The topological polar surface area (TPSA) is 50.4 Å². The average Bonchev–Trinajstić information content (AvgIpc) is 2.39. The van der Waals surface area contributed by atoms with Crippen molar-refractivity contribution >= 4 is 11.7 Å². The van der Waals surface area contributed by atoms with Gasteiger partial charge in [-0.2, -0.15) is 0 Å². The second-order valence-corrected chi connectivity index (χ2v) is 5.10. The van der Waals surface area contributed by atoms with E-state index in [0.717, 1.165) is 37.1 Å². The van der Waals surface area contributed by atoms with Crippen molar-refractivity contribution < 1.29 is 9.53 Å². The number of benzene rings is 1. The number of nitrogens with one attached hydrogen (secondary N) is 2. The smallest absolute Gasteiger partial charge is 0.320 e. The van der Waals surface area contributed by atoms with Crippen molar-refractivity contribution in [2.24, 2.45) is 0 Å². The number of carbonyl (C=O) groups is 1. The number of carbonyl (C=O) groups excluding carboxylic acids is 1. The molecule has 1 aromatic carbocycles. The van der Waals surface area contributed by atoms with Crippen LogP contribution in [0, 0.1) is 0 Å². The Morgan fingerprint density at radius 1 is 1.22 bits per heavy atom. The maximum Gasteiger partial charge on any atom is 0.320 e. The molecule has 3 rings (SSSR count). The second kappa shape index (κ2) is 4.19. The molecule has 1 fully saturated rings. The number of hydrogen-bond donors (Lipinski definition) is 2. The Kier molecular flexibility index (Phi) is 2.65. The lowest BCUT2D eigenvalue weighted by Crippen LogP contribution is -2.52. The molecule has 0 bridgehead atoms. The largest absolute Gasteiger partial charge is 0.495 e. The Balaban J connectivity index is 2.12. The Hall–Kier alpha value is -1.71. The van der Waals surface area contributed by atoms with Crippen LogP contribution in [0.2, 0.25) is 0 Å². The Morgan fingerprint density at radius 3 is 2.72 bits per heavy atom. The highest BCUT2D eigenvalue weighted by Crippen LogP contribution is 2.45. The fourth-order valence-corrected chi connectivity index (χ4v) is 3.21. The van der Waals surface area contributed by atoms with Crippen LogP contribution in [0.25, 0.3) is 0 Å². The maximum atomic E-state index is 11.9. The average molecular weight is 246 g/mol. The van der Waals surface area contributed by atoms with Crippen LogP contribution in [0.4, 0.5) is 10.5 Å². The molecule has 1 heterocycles. The normalized spacial score (nSPS) is 20.8. The molecule has 0 saturated heterocycles. The van der Waals surface area contributed by atoms with E-state index >= 15 is 0 Å². The lowest BCUT2D eigenvalue weighted by molar-refractivity contribution is 0.208. The third-order valence-corrected chi connectivity index (χ3v) is 4.06. The minimum Gasteiger partial charge on any atom is -0.495 e. The van der Waals surface area contributed by atoms with Crippen molar-refractivity contribution in [2.45, 2.75) is 37.6 Å². The molecule has 1 aliphatic heterocycles. The van der Waals surface area contributed by atoms with Crippen molar-refractivity contribution in [3.8, 4) is 5.75 Å². The molecule has 4 nitrogen and oxygen atoms in total. The van der Waals surface area contributed by atoms with Gasteiger partial charge in [-0.05, 0) is 18.9 Å². The molecule has 1 aliphatic carbocycles. The Bertz CT molecular complexity index is 479. The summed E-state index contributed by atoms with van der Waals surface area (Å²) in [5.74, 6) is 0.743. The molecule has 2 aliphatic rings. The zero-order valence-electron chi connectivity index (χ0n) is 10.6.